The van der Waals surface area contributed by atoms with Gasteiger partial charge in [0.05, 0.1) is 105 Å². The number of aromatic hydroxyl groups is 10. The summed E-state index contributed by atoms with van der Waals surface area (Å²) >= 11 is 0. The molecule has 142 heavy (non-hydrogen) atoms. The number of aliphatic hydroxyl groups is 5. The zero-order chi connectivity index (χ0) is 101. The van der Waals surface area contributed by atoms with Gasteiger partial charge in [-0.2, -0.15) is 0 Å². The Bertz CT molecular complexity index is 7080. The largest absolute Gasteiger partial charge is 0.508 e. The van der Waals surface area contributed by atoms with Gasteiger partial charge < -0.3 is 134 Å². The number of hydrogen-bond donors (Lipinski definition) is 16. The highest BCUT2D eigenvalue weighted by Gasteiger charge is 2.53. The summed E-state index contributed by atoms with van der Waals surface area (Å²) < 4.78 is 61.7. The van der Waals surface area contributed by atoms with E-state index in [0.29, 0.717) is 147 Å². The van der Waals surface area contributed by atoms with E-state index in [4.69, 9.17) is 57.8 Å². The molecular formula is C115H111NO26. The van der Waals surface area contributed by atoms with Gasteiger partial charge in [0.25, 0.3) is 0 Å². The van der Waals surface area contributed by atoms with Crippen LogP contribution in [0.1, 0.15) is 135 Å². The minimum atomic E-state index is -1.50. The van der Waals surface area contributed by atoms with Crippen molar-refractivity contribution in [3.63, 3.8) is 0 Å². The third-order valence-electron chi connectivity index (χ3n) is 27.5. The van der Waals surface area contributed by atoms with Crippen molar-refractivity contribution >= 4 is 5.69 Å². The zero-order valence-corrected chi connectivity index (χ0v) is 79.5. The lowest BCUT2D eigenvalue weighted by atomic mass is 9.71. The van der Waals surface area contributed by atoms with Crippen LogP contribution in [0.25, 0.3) is 0 Å². The summed E-state index contributed by atoms with van der Waals surface area (Å²) in [6.07, 6.45) is 0. The number of methoxy groups -OCH3 is 6. The number of nitrogen functional groups attached to an aromatic ring is 1. The SMILES string of the molecule is COc1ccc(C2(O)c3ccc(O)c(C)c3OCC2c2ccc(O)c(O)c2)cc1.COc1ccc(C2(O)c3ccc(O)c(C)c3OCC2c2cccc(O)c2)cc1.COc1ccc(C2(O)c3ccc(O)c(C)c3OCC2c2cccc(OC)c2)cc1.COc1ccc(C2(O)c3ccc(OC)c(C)c3OCC2c2ccc(O)c(O)c2)cc1.Nc1cccc(C2(O)c3ccc(O)cc3OCC2c2ccc(O)cc2)c1. The molecule has 0 saturated carbocycles. The average Bonchev–Trinajstić information content (AvgIpc) is 0.746. The lowest BCUT2D eigenvalue weighted by molar-refractivity contribution is 0.00975. The van der Waals surface area contributed by atoms with Crippen LogP contribution < -0.4 is 57.8 Å². The molecule has 5 aliphatic heterocycles. The summed E-state index contributed by atoms with van der Waals surface area (Å²) in [5, 5.41) is 160. The van der Waals surface area contributed by atoms with E-state index in [2.05, 4.69) is 0 Å². The van der Waals surface area contributed by atoms with Crippen LogP contribution in [0.15, 0.2) is 297 Å². The van der Waals surface area contributed by atoms with E-state index in [-0.39, 0.29) is 96.4 Å². The highest BCUT2D eigenvalue weighted by molar-refractivity contribution is 5.65. The quantitative estimate of drug-likeness (QED) is 0.0315. The topological polar surface area (TPSA) is 431 Å². The zero-order valence-electron chi connectivity index (χ0n) is 79.5. The first-order valence-corrected chi connectivity index (χ1v) is 45.6. The minimum absolute atomic E-state index is 0.0711. The first-order chi connectivity index (χ1) is 68.2. The first-order valence-electron chi connectivity index (χ1n) is 45.6. The summed E-state index contributed by atoms with van der Waals surface area (Å²) in [6, 6.07) is 84.4. The van der Waals surface area contributed by atoms with Crippen molar-refractivity contribution in [2.24, 2.45) is 0 Å². The van der Waals surface area contributed by atoms with Gasteiger partial charge in [-0.15, -0.1) is 0 Å². The van der Waals surface area contributed by atoms with Crippen molar-refractivity contribution < 1.29 is 129 Å². The molecule has 10 unspecified atom stereocenters. The van der Waals surface area contributed by atoms with Crippen molar-refractivity contribution in [1.29, 1.82) is 0 Å². The molecule has 27 heteroatoms. The Kier molecular flexibility index (Phi) is 28.3. The summed E-state index contributed by atoms with van der Waals surface area (Å²) in [5.41, 5.74) is 11.9. The molecule has 0 bridgehead atoms. The van der Waals surface area contributed by atoms with Gasteiger partial charge in [0.15, 0.2) is 23.0 Å². The molecule has 0 amide bonds. The average molecular weight is 1920 g/mol. The van der Waals surface area contributed by atoms with Crippen molar-refractivity contribution in [3.8, 4) is 121 Å². The molecule has 0 radical (unpaired) electrons. The molecule has 0 aromatic heterocycles. The van der Waals surface area contributed by atoms with E-state index < -0.39 is 51.7 Å². The first kappa shape index (κ1) is 98.7. The Balaban J connectivity index is 0.000000128. The van der Waals surface area contributed by atoms with Crippen molar-refractivity contribution in [1.82, 2.24) is 0 Å². The standard InChI is InChI=1S/C24H24O6.C24H24O5.C23H22O6.C23H22O5.C21H19NO4/c1-14-22(29-3)11-9-18-23(14)30-13-19(15-4-10-20(25)21(26)12-15)24(18,27)16-5-7-17(28-2)8-6-16;1-15-22(25)12-11-20-23(15)29-14-21(16-5-4-6-19(13-16)28-3)24(20,26)17-7-9-18(27-2)10-8-17;1-13-19(24)10-8-17-22(13)29-12-18(14-3-9-20(25)21(26)11-14)23(17,27)15-4-6-16(28-2)7-5-15;1-14-21(25)11-10-19-22(14)28-13-20(15-4-3-5-17(24)12-15)23(19,26)16-6-8-18(27-2)9-7-16;22-15-3-1-2-14(10-15)21(25)18-9-8-17(24)11-20(18)26-12-19(21)13-4-6-16(23)7-5-13/h4-12,19,25-27H,13H2,1-3H3;4-13,21,25-26H,14H2,1-3H3;3-11,18,24-27H,12H2,1-2H3;3-12,20,24-26H,13H2,1-2H3;1-11,19,23-25H,12,22H2. The van der Waals surface area contributed by atoms with Crippen LogP contribution in [-0.2, 0) is 28.0 Å². The molecule has 15 aromatic rings. The molecular weight excluding hydrogens is 1810 g/mol. The lowest BCUT2D eigenvalue weighted by Gasteiger charge is -2.42. The molecule has 0 saturated heterocycles. The Morgan fingerprint density at radius 3 is 0.923 bits per heavy atom. The predicted octanol–water partition coefficient (Wildman–Crippen LogP) is 18.4. The third-order valence-corrected chi connectivity index (χ3v) is 27.5. The molecule has 17 N–H and O–H groups in total. The summed E-state index contributed by atoms with van der Waals surface area (Å²) in [4.78, 5) is 0. The number of anilines is 1. The second kappa shape index (κ2) is 40.6. The van der Waals surface area contributed by atoms with Crippen LogP contribution in [0, 0.1) is 27.7 Å². The second-order valence-electron chi connectivity index (χ2n) is 35.4. The summed E-state index contributed by atoms with van der Waals surface area (Å²) in [5.74, 6) is 3.95. The maximum Gasteiger partial charge on any atom is 0.157 e. The summed E-state index contributed by atoms with van der Waals surface area (Å²) in [6.45, 7) is 8.13. The molecule has 10 atom stereocenters. The Hall–Kier alpha value is -16.3. The number of nitrogens with two attached hydrogens (primary N) is 1. The Morgan fingerprint density at radius 1 is 0.239 bits per heavy atom. The van der Waals surface area contributed by atoms with Gasteiger partial charge in [-0.25, -0.2) is 0 Å². The predicted molar refractivity (Wildman–Crippen MR) is 532 cm³/mol. The monoisotopic (exact) mass is 1920 g/mol. The molecule has 0 fully saturated rings. The fourth-order valence-corrected chi connectivity index (χ4v) is 19.7. The number of hydrogen-bond acceptors (Lipinski definition) is 27. The number of ether oxygens (including phenoxy) is 11. The molecule has 20 rings (SSSR count). The smallest absolute Gasteiger partial charge is 0.157 e. The summed E-state index contributed by atoms with van der Waals surface area (Å²) in [7, 11) is 9.57. The maximum absolute atomic E-state index is 12.2. The molecule has 5 aliphatic rings. The number of phenols is 10. The van der Waals surface area contributed by atoms with Crippen LogP contribution >= 0.6 is 0 Å². The molecule has 0 aliphatic carbocycles. The van der Waals surface area contributed by atoms with Crippen LogP contribution in [0.5, 0.6) is 121 Å². The Labute approximate surface area is 820 Å². The van der Waals surface area contributed by atoms with E-state index >= 15 is 0 Å². The van der Waals surface area contributed by atoms with Crippen LogP contribution in [-0.4, -0.2) is 152 Å². The van der Waals surface area contributed by atoms with E-state index in [9.17, 15) is 76.6 Å². The molecule has 27 nitrogen and oxygen atoms in total. The van der Waals surface area contributed by atoms with Crippen LogP contribution in [0.2, 0.25) is 0 Å². The fourth-order valence-electron chi connectivity index (χ4n) is 19.7. The van der Waals surface area contributed by atoms with Crippen molar-refractivity contribution in [2.75, 3.05) is 81.4 Å². The van der Waals surface area contributed by atoms with Gasteiger partial charge in [0, 0.05) is 61.8 Å². The molecule has 732 valence electrons. The van der Waals surface area contributed by atoms with E-state index in [1.165, 1.54) is 42.5 Å². The number of rotatable bonds is 16. The van der Waals surface area contributed by atoms with Crippen molar-refractivity contribution in [2.45, 2.75) is 85.3 Å². The highest BCUT2D eigenvalue weighted by Crippen LogP contribution is 2.59. The maximum atomic E-state index is 12.2. The highest BCUT2D eigenvalue weighted by atomic mass is 16.5. The van der Waals surface area contributed by atoms with Gasteiger partial charge in [0.1, 0.15) is 126 Å². The number of fused-ring (bicyclic) bond motifs is 5. The van der Waals surface area contributed by atoms with Gasteiger partial charge in [0.2, 0.25) is 0 Å². The molecule has 5 heterocycles. The van der Waals surface area contributed by atoms with Crippen LogP contribution in [0.4, 0.5) is 5.69 Å². The lowest BCUT2D eigenvalue weighted by Crippen LogP contribution is -2.42. The van der Waals surface area contributed by atoms with E-state index in [1.807, 2.05) is 97.9 Å². The van der Waals surface area contributed by atoms with Gasteiger partial charge >= 0.3 is 0 Å². The number of phenolic OH excluding ortho intramolecular Hbond substituents is 10. The minimum Gasteiger partial charge on any atom is -0.508 e. The van der Waals surface area contributed by atoms with Gasteiger partial charge in [-0.05, 0) is 265 Å². The van der Waals surface area contributed by atoms with Gasteiger partial charge in [-0.3, -0.25) is 0 Å². The third kappa shape index (κ3) is 18.5. The number of benzene rings is 15. The van der Waals surface area contributed by atoms with E-state index in [0.717, 1.165) is 27.8 Å². The molecule has 0 spiro atoms. The van der Waals surface area contributed by atoms with E-state index in [1.54, 1.807) is 227 Å². The van der Waals surface area contributed by atoms with Crippen LogP contribution in [0.3, 0.4) is 0 Å². The fraction of sp³-hybridized carbons (Fsp3) is 0.217. The normalized spacial score (nSPS) is 20.7. The van der Waals surface area contributed by atoms with Crippen molar-refractivity contribution in [3.05, 3.63) is 403 Å². The second-order valence-corrected chi connectivity index (χ2v) is 35.4. The Morgan fingerprint density at radius 2 is 0.549 bits per heavy atom. The molecule has 15 aromatic carbocycles. The van der Waals surface area contributed by atoms with Gasteiger partial charge in [-0.1, -0.05) is 109 Å².